The van der Waals surface area contributed by atoms with Crippen molar-refractivity contribution < 1.29 is 37.0 Å². The van der Waals surface area contributed by atoms with Crippen molar-refractivity contribution in [3.8, 4) is 0 Å². The highest BCUT2D eigenvalue weighted by Gasteiger charge is 2.71. The Bertz CT molecular complexity index is 1350. The highest BCUT2D eigenvalue weighted by Crippen LogP contribution is 2.67. The van der Waals surface area contributed by atoms with Crippen LogP contribution in [0.2, 0.25) is 0 Å². The molecule has 1 aromatic carbocycles. The van der Waals surface area contributed by atoms with Crippen molar-refractivity contribution in [2.45, 2.75) is 75.1 Å². The van der Waals surface area contributed by atoms with Gasteiger partial charge in [-0.1, -0.05) is 42.8 Å². The number of amides is 1. The lowest BCUT2D eigenvalue weighted by molar-refractivity contribution is -0.947. The minimum absolute atomic E-state index is 0.0598. The molecule has 2 saturated heterocycles. The lowest BCUT2D eigenvalue weighted by Crippen LogP contribution is -2.69. The largest absolute Gasteiger partial charge is 0.506 e. The highest BCUT2D eigenvalue weighted by molar-refractivity contribution is 6.01. The van der Waals surface area contributed by atoms with E-state index in [2.05, 4.69) is 12.4 Å². The van der Waals surface area contributed by atoms with Crippen LogP contribution in [0, 0.1) is 17.3 Å². The van der Waals surface area contributed by atoms with Gasteiger partial charge >= 0.3 is 6.18 Å². The van der Waals surface area contributed by atoms with Crippen molar-refractivity contribution in [3.63, 3.8) is 0 Å². The summed E-state index contributed by atoms with van der Waals surface area (Å²) in [7, 11) is 3.81. The molecule has 2 aliphatic heterocycles. The number of carbonyl (C=O) groups excluding carboxylic acids is 1. The average Bonchev–Trinajstić information content (AvgIpc) is 3.68. The van der Waals surface area contributed by atoms with Crippen molar-refractivity contribution >= 4 is 11.7 Å². The summed E-state index contributed by atoms with van der Waals surface area (Å²) < 4.78 is 56.6. The van der Waals surface area contributed by atoms with E-state index in [1.54, 1.807) is 12.1 Å². The zero-order chi connectivity index (χ0) is 28.8. The molecular weight excluding hydrogens is 533 g/mol. The van der Waals surface area contributed by atoms with Gasteiger partial charge in [-0.3, -0.25) is 4.79 Å². The van der Waals surface area contributed by atoms with Gasteiger partial charge in [0.1, 0.15) is 11.9 Å². The average molecular weight is 572 g/mol. The number of hydrogen-bond donors (Lipinski definition) is 2. The summed E-state index contributed by atoms with van der Waals surface area (Å²) in [6, 6.07) is 7.79. The topological polar surface area (TPSA) is 67.8 Å². The molecule has 1 spiro atoms. The van der Waals surface area contributed by atoms with Crippen LogP contribution in [0.1, 0.15) is 50.5 Å². The summed E-state index contributed by atoms with van der Waals surface area (Å²) in [6.07, 6.45) is 5.33. The summed E-state index contributed by atoms with van der Waals surface area (Å²) in [4.78, 5) is 13.5. The van der Waals surface area contributed by atoms with E-state index in [-0.39, 0.29) is 17.1 Å². The van der Waals surface area contributed by atoms with E-state index >= 15 is 0 Å². The molecule has 2 bridgehead atoms. The number of aliphatic hydroxyl groups excluding tert-OH is 1. The summed E-state index contributed by atoms with van der Waals surface area (Å²) in [5.41, 5.74) is -1.25. The fourth-order valence-corrected chi connectivity index (χ4v) is 9.12. The first kappa shape index (κ1) is 27.2. The number of carbonyl (C=O) groups is 1. The molecule has 2 heterocycles. The molecule has 1 amide bonds. The lowest BCUT2D eigenvalue weighted by atomic mass is 9.50. The molecule has 220 valence electrons. The number of ether oxygens (including phenoxy) is 2. The number of alkyl halides is 3. The van der Waals surface area contributed by atoms with E-state index in [0.717, 1.165) is 54.6 Å². The molecular formula is C32H38F3N2O4+. The van der Waals surface area contributed by atoms with Crippen molar-refractivity contribution in [2.75, 3.05) is 27.2 Å². The minimum Gasteiger partial charge on any atom is -0.506 e. The van der Waals surface area contributed by atoms with Crippen LogP contribution in [0.5, 0.6) is 0 Å². The second kappa shape index (κ2) is 9.19. The van der Waals surface area contributed by atoms with Gasteiger partial charge in [0.25, 0.3) is 5.91 Å². The summed E-state index contributed by atoms with van der Waals surface area (Å²) in [5.74, 6) is -1.32. The number of rotatable bonds is 6. The Labute approximate surface area is 238 Å². The molecule has 4 aliphatic carbocycles. The maximum Gasteiger partial charge on any atom is 0.425 e. The Morgan fingerprint density at radius 1 is 1.20 bits per heavy atom. The maximum atomic E-state index is 14.3. The zero-order valence-electron chi connectivity index (χ0n) is 23.5. The van der Waals surface area contributed by atoms with Crippen LogP contribution < -0.4 is 5.32 Å². The van der Waals surface area contributed by atoms with Gasteiger partial charge in [0.05, 0.1) is 32.3 Å². The summed E-state index contributed by atoms with van der Waals surface area (Å²) in [6.45, 7) is 2.27. The van der Waals surface area contributed by atoms with Gasteiger partial charge < -0.3 is 24.4 Å². The number of nitrogens with one attached hydrogen (secondary N) is 1. The fraction of sp³-hybridized carbons (Fsp3) is 0.594. The first-order chi connectivity index (χ1) is 19.5. The van der Waals surface area contributed by atoms with E-state index in [1.807, 2.05) is 6.08 Å². The Kier molecular flexibility index (Phi) is 6.10. The van der Waals surface area contributed by atoms with E-state index in [4.69, 9.17) is 9.47 Å². The molecule has 6 nitrogen and oxygen atoms in total. The molecule has 2 saturated carbocycles. The molecule has 1 aromatic rings. The van der Waals surface area contributed by atoms with E-state index < -0.39 is 35.2 Å². The van der Waals surface area contributed by atoms with Gasteiger partial charge in [-0.2, -0.15) is 13.2 Å². The third-order valence-corrected chi connectivity index (χ3v) is 11.1. The molecule has 7 atom stereocenters. The standard InChI is InChI=1S/C32H37F3N2O4/c1-37(18-19-11-12-19)16-15-30-22-9-6-10-24(30)41-28-25(30)21(17-23(22)37)13-14-31(28,40-2)36-29(39)26(32(33,34)35)27(38)20-7-4-3-5-8-20/h3-5,7-8,13-14,19,22-24,28H,6,9-12,15-18H2,1-2H3,(H-,36,38,39)/p+1/t22-,23+,24-,28?,30+,31?,37?/m0/s1. The Morgan fingerprint density at radius 3 is 2.63 bits per heavy atom. The van der Waals surface area contributed by atoms with E-state index in [1.165, 1.54) is 56.3 Å². The number of quaternary nitrogens is 1. The third kappa shape index (κ3) is 3.98. The fourth-order valence-electron chi connectivity index (χ4n) is 9.12. The van der Waals surface area contributed by atoms with Gasteiger partial charge in [0.15, 0.2) is 11.3 Å². The molecule has 0 radical (unpaired) electrons. The van der Waals surface area contributed by atoms with Crippen LogP contribution in [-0.2, 0) is 14.3 Å². The number of allylic oxidation sites excluding steroid dienone is 1. The van der Waals surface area contributed by atoms with Crippen molar-refractivity contribution in [3.05, 3.63) is 64.8 Å². The second-order valence-corrected chi connectivity index (χ2v) is 13.2. The minimum atomic E-state index is -5.10. The SMILES string of the molecule is COC1(NC(=O)C(=C(O)c2ccccc2)C(F)(F)F)C=CC2=C3C1O[C@H]1CCC[C@H]4[C@@H](C2)[N+](C)(CC2CC2)CC[C@]314. The molecule has 0 aromatic heterocycles. The lowest BCUT2D eigenvalue weighted by Gasteiger charge is -2.62. The van der Waals surface area contributed by atoms with Gasteiger partial charge in [0.2, 0.25) is 0 Å². The maximum absolute atomic E-state index is 14.3. The number of methoxy groups -OCH3 is 1. The first-order valence-electron chi connectivity index (χ1n) is 14.9. The van der Waals surface area contributed by atoms with Gasteiger partial charge in [0, 0.05) is 42.8 Å². The first-order valence-corrected chi connectivity index (χ1v) is 14.9. The quantitative estimate of drug-likeness (QED) is 0.207. The Balaban J connectivity index is 1.27. The summed E-state index contributed by atoms with van der Waals surface area (Å²) in [5, 5.41) is 13.2. The highest BCUT2D eigenvalue weighted by atomic mass is 19.4. The Hall–Kier alpha value is -2.62. The number of hydrogen-bond acceptors (Lipinski definition) is 4. The van der Waals surface area contributed by atoms with E-state index in [9.17, 15) is 23.1 Å². The number of benzene rings is 1. The zero-order valence-corrected chi connectivity index (χ0v) is 23.5. The van der Waals surface area contributed by atoms with Crippen LogP contribution >= 0.6 is 0 Å². The number of likely N-dealkylation sites (tertiary alicyclic amines) is 1. The van der Waals surface area contributed by atoms with Crippen LogP contribution in [0.4, 0.5) is 13.2 Å². The molecule has 41 heavy (non-hydrogen) atoms. The van der Waals surface area contributed by atoms with Crippen LogP contribution in [-0.4, -0.2) is 72.9 Å². The van der Waals surface area contributed by atoms with Crippen LogP contribution in [0.25, 0.3) is 5.76 Å². The second-order valence-electron chi connectivity index (χ2n) is 13.2. The predicted molar refractivity (Wildman–Crippen MR) is 146 cm³/mol. The predicted octanol–water partition coefficient (Wildman–Crippen LogP) is 5.43. The van der Waals surface area contributed by atoms with Gasteiger partial charge in [-0.25, -0.2) is 0 Å². The summed E-state index contributed by atoms with van der Waals surface area (Å²) >= 11 is 0. The van der Waals surface area contributed by atoms with Crippen molar-refractivity contribution in [2.24, 2.45) is 17.3 Å². The van der Waals surface area contributed by atoms with Crippen molar-refractivity contribution in [1.82, 2.24) is 5.32 Å². The Morgan fingerprint density at radius 2 is 1.95 bits per heavy atom. The number of nitrogens with zero attached hydrogens (tertiary/aromatic N) is 1. The van der Waals surface area contributed by atoms with Gasteiger partial charge in [-0.05, 0) is 42.9 Å². The molecule has 9 heteroatoms. The molecule has 7 rings (SSSR count). The van der Waals surface area contributed by atoms with Gasteiger partial charge in [-0.15, -0.1) is 0 Å². The van der Waals surface area contributed by atoms with Crippen LogP contribution in [0.15, 0.2) is 59.2 Å². The van der Waals surface area contributed by atoms with Crippen LogP contribution in [0.3, 0.4) is 0 Å². The molecule has 3 unspecified atom stereocenters. The smallest absolute Gasteiger partial charge is 0.425 e. The number of aliphatic hydroxyl groups is 1. The number of piperidine rings is 1. The van der Waals surface area contributed by atoms with Crippen molar-refractivity contribution in [1.29, 1.82) is 0 Å². The number of halogens is 3. The molecule has 2 N–H and O–H groups in total. The third-order valence-electron chi connectivity index (χ3n) is 11.1. The monoisotopic (exact) mass is 571 g/mol. The molecule has 6 aliphatic rings. The normalized spacial score (nSPS) is 39.7. The molecule has 4 fully saturated rings. The van der Waals surface area contributed by atoms with E-state index in [0.29, 0.717) is 12.0 Å².